The van der Waals surface area contributed by atoms with Crippen molar-refractivity contribution in [1.82, 2.24) is 0 Å². The van der Waals surface area contributed by atoms with Gasteiger partial charge >= 0.3 is 0 Å². The molecule has 1 aliphatic heterocycles. The minimum absolute atomic E-state index is 0.107. The van der Waals surface area contributed by atoms with Crippen LogP contribution in [0.25, 0.3) is 0 Å². The number of benzene rings is 2. The molecular formula is C26H34O4Si. The predicted octanol–water partition coefficient (Wildman–Crippen LogP) is 3.47. The predicted molar refractivity (Wildman–Crippen MR) is 124 cm³/mol. The van der Waals surface area contributed by atoms with Crippen molar-refractivity contribution < 1.29 is 19.0 Å². The molecule has 2 aromatic rings. The van der Waals surface area contributed by atoms with Crippen molar-refractivity contribution in [3.63, 3.8) is 0 Å². The molecule has 2 saturated carbocycles. The second-order valence-corrected chi connectivity index (χ2v) is 14.6. The first-order valence-corrected chi connectivity index (χ1v) is 13.5. The van der Waals surface area contributed by atoms with Crippen LogP contribution < -0.4 is 10.4 Å². The molecule has 2 aromatic carbocycles. The van der Waals surface area contributed by atoms with Gasteiger partial charge in [-0.3, -0.25) is 0 Å². The minimum atomic E-state index is -2.71. The molecule has 1 saturated heterocycles. The van der Waals surface area contributed by atoms with Gasteiger partial charge in [0, 0.05) is 12.3 Å². The van der Waals surface area contributed by atoms with Crippen molar-refractivity contribution in [2.75, 3.05) is 13.2 Å². The summed E-state index contributed by atoms with van der Waals surface area (Å²) >= 11 is 0. The lowest BCUT2D eigenvalue weighted by molar-refractivity contribution is -0.185. The molecule has 0 bridgehead atoms. The van der Waals surface area contributed by atoms with Gasteiger partial charge in [-0.2, -0.15) is 0 Å². The molecule has 0 radical (unpaired) electrons. The van der Waals surface area contributed by atoms with E-state index in [1.807, 2.05) is 0 Å². The summed E-state index contributed by atoms with van der Waals surface area (Å²) in [5, 5.41) is 13.7. The Morgan fingerprint density at radius 1 is 0.935 bits per heavy atom. The lowest BCUT2D eigenvalue weighted by Gasteiger charge is -2.46. The van der Waals surface area contributed by atoms with Crippen molar-refractivity contribution in [1.29, 1.82) is 0 Å². The second kappa shape index (κ2) is 7.82. The molecule has 0 amide bonds. The maximum Gasteiger partial charge on any atom is 0.261 e. The third kappa shape index (κ3) is 3.33. The van der Waals surface area contributed by atoms with E-state index in [9.17, 15) is 5.11 Å². The average molecular weight is 439 g/mol. The molecule has 0 aromatic heterocycles. The number of aliphatic hydroxyl groups is 1. The van der Waals surface area contributed by atoms with Gasteiger partial charge in [0.1, 0.15) is 0 Å². The van der Waals surface area contributed by atoms with Crippen LogP contribution in [0.2, 0.25) is 5.04 Å². The summed E-state index contributed by atoms with van der Waals surface area (Å²) in [5.41, 5.74) is 0. The van der Waals surface area contributed by atoms with Gasteiger partial charge in [-0.1, -0.05) is 81.4 Å². The van der Waals surface area contributed by atoms with E-state index < -0.39 is 20.2 Å². The maximum atomic E-state index is 11.2. The quantitative estimate of drug-likeness (QED) is 0.743. The molecule has 5 rings (SSSR count). The van der Waals surface area contributed by atoms with Crippen LogP contribution >= 0.6 is 0 Å². The van der Waals surface area contributed by atoms with E-state index in [-0.39, 0.29) is 23.0 Å². The standard InChI is InChI=1S/C26H34O4Si/c1-25(2,3)31(19-10-6-4-7-11-19,20-12-8-5-9-13-20)30-24-21-14-15-26(28-16-17-29-26)22(21)18-23(24)27/h4-13,21-24,27H,14-18H2,1-3H3/t21-,22-,23-,24-/m0/s1. The van der Waals surface area contributed by atoms with Crippen molar-refractivity contribution in [3.8, 4) is 0 Å². The number of hydrogen-bond acceptors (Lipinski definition) is 4. The van der Waals surface area contributed by atoms with Gasteiger partial charge < -0.3 is 19.0 Å². The zero-order chi connectivity index (χ0) is 21.7. The molecule has 5 heteroatoms. The summed E-state index contributed by atoms with van der Waals surface area (Å²) in [6.07, 6.45) is 1.86. The van der Waals surface area contributed by atoms with Crippen molar-refractivity contribution in [2.45, 2.75) is 63.1 Å². The normalized spacial score (nSPS) is 30.1. The number of rotatable bonds is 4. The highest BCUT2D eigenvalue weighted by molar-refractivity contribution is 6.99. The first-order chi connectivity index (χ1) is 14.9. The molecule has 31 heavy (non-hydrogen) atoms. The fourth-order valence-electron chi connectivity index (χ4n) is 6.40. The van der Waals surface area contributed by atoms with Crippen LogP contribution in [0.5, 0.6) is 0 Å². The van der Waals surface area contributed by atoms with Crippen LogP contribution in [-0.4, -0.2) is 44.6 Å². The van der Waals surface area contributed by atoms with Crippen LogP contribution in [0.4, 0.5) is 0 Å². The van der Waals surface area contributed by atoms with Gasteiger partial charge in [0.25, 0.3) is 8.32 Å². The first-order valence-electron chi connectivity index (χ1n) is 11.6. The maximum absolute atomic E-state index is 11.2. The zero-order valence-corrected chi connectivity index (χ0v) is 19.8. The zero-order valence-electron chi connectivity index (χ0n) is 18.8. The third-order valence-electron chi connectivity index (χ3n) is 7.71. The molecule has 0 unspecified atom stereocenters. The topological polar surface area (TPSA) is 47.9 Å². The summed E-state index contributed by atoms with van der Waals surface area (Å²) in [5.74, 6) is -0.0437. The molecular weight excluding hydrogens is 404 g/mol. The Balaban J connectivity index is 1.58. The summed E-state index contributed by atoms with van der Waals surface area (Å²) in [7, 11) is -2.71. The molecule has 4 nitrogen and oxygen atoms in total. The minimum Gasteiger partial charge on any atom is -0.402 e. The van der Waals surface area contributed by atoms with Gasteiger partial charge in [-0.05, 0) is 34.2 Å². The summed E-state index contributed by atoms with van der Waals surface area (Å²) in [4.78, 5) is 0. The highest BCUT2D eigenvalue weighted by atomic mass is 28.4. The van der Waals surface area contributed by atoms with Gasteiger partial charge in [0.15, 0.2) is 5.79 Å². The molecule has 166 valence electrons. The summed E-state index contributed by atoms with van der Waals surface area (Å²) in [6.45, 7) is 8.17. The molecule has 4 atom stereocenters. The number of ether oxygens (including phenoxy) is 2. The van der Waals surface area contributed by atoms with E-state index in [1.54, 1.807) is 0 Å². The monoisotopic (exact) mass is 438 g/mol. The van der Waals surface area contributed by atoms with Crippen LogP contribution in [0.3, 0.4) is 0 Å². The molecule has 2 aliphatic carbocycles. The molecule has 1 spiro atoms. The Labute approximate surface area is 186 Å². The van der Waals surface area contributed by atoms with Crippen molar-refractivity contribution in [2.24, 2.45) is 11.8 Å². The van der Waals surface area contributed by atoms with Crippen LogP contribution in [0, 0.1) is 11.8 Å². The number of hydrogen-bond donors (Lipinski definition) is 1. The van der Waals surface area contributed by atoms with E-state index in [2.05, 4.69) is 81.4 Å². The Hall–Kier alpha value is -1.50. The fraction of sp³-hybridized carbons (Fsp3) is 0.538. The van der Waals surface area contributed by atoms with Gasteiger partial charge in [-0.25, -0.2) is 0 Å². The van der Waals surface area contributed by atoms with E-state index in [0.717, 1.165) is 12.8 Å². The second-order valence-electron chi connectivity index (χ2n) is 10.4. The summed E-state index contributed by atoms with van der Waals surface area (Å²) < 4.78 is 19.5. The Morgan fingerprint density at radius 3 is 2.00 bits per heavy atom. The van der Waals surface area contributed by atoms with E-state index in [4.69, 9.17) is 13.9 Å². The average Bonchev–Trinajstić information content (AvgIpc) is 3.45. The van der Waals surface area contributed by atoms with E-state index in [0.29, 0.717) is 19.6 Å². The fourth-order valence-corrected chi connectivity index (χ4v) is 11.2. The van der Waals surface area contributed by atoms with Gasteiger partial charge in [0.2, 0.25) is 0 Å². The first kappa shape index (κ1) is 21.3. The largest absolute Gasteiger partial charge is 0.402 e. The Morgan fingerprint density at radius 2 is 1.48 bits per heavy atom. The van der Waals surface area contributed by atoms with Crippen LogP contribution in [-0.2, 0) is 13.9 Å². The van der Waals surface area contributed by atoms with E-state index in [1.165, 1.54) is 10.4 Å². The van der Waals surface area contributed by atoms with Gasteiger partial charge in [0.05, 0.1) is 25.4 Å². The summed E-state index contributed by atoms with van der Waals surface area (Å²) in [6, 6.07) is 21.4. The lowest BCUT2D eigenvalue weighted by atomic mass is 9.96. The van der Waals surface area contributed by atoms with E-state index >= 15 is 0 Å². The molecule has 3 fully saturated rings. The van der Waals surface area contributed by atoms with Crippen molar-refractivity contribution >= 4 is 18.7 Å². The van der Waals surface area contributed by atoms with Gasteiger partial charge in [-0.15, -0.1) is 0 Å². The molecule has 1 N–H and O–H groups in total. The van der Waals surface area contributed by atoms with Crippen molar-refractivity contribution in [3.05, 3.63) is 60.7 Å². The van der Waals surface area contributed by atoms with Crippen LogP contribution in [0.15, 0.2) is 60.7 Å². The van der Waals surface area contributed by atoms with Crippen LogP contribution in [0.1, 0.15) is 40.0 Å². The molecule has 1 heterocycles. The number of fused-ring (bicyclic) bond motifs is 2. The Bertz CT molecular complexity index is 849. The number of aliphatic hydroxyl groups excluding tert-OH is 1. The lowest BCUT2D eigenvalue weighted by Crippen LogP contribution is -2.68. The third-order valence-corrected chi connectivity index (χ3v) is 12.7. The Kier molecular flexibility index (Phi) is 5.38. The molecule has 3 aliphatic rings. The SMILES string of the molecule is CC(C)(C)[Si](O[C@H]1[C@H]2CCC3(OCCO3)[C@H]2C[C@@H]1O)(c1ccccc1)c1ccccc1. The highest BCUT2D eigenvalue weighted by Crippen LogP contribution is 2.55. The highest BCUT2D eigenvalue weighted by Gasteiger charge is 2.62. The smallest absolute Gasteiger partial charge is 0.261 e.